The summed E-state index contributed by atoms with van der Waals surface area (Å²) in [5, 5.41) is 10.5. The number of rotatable bonds is 6. The molecule has 0 saturated heterocycles. The van der Waals surface area contributed by atoms with Crippen LogP contribution in [0.1, 0.15) is 18.5 Å². The third-order valence-corrected chi connectivity index (χ3v) is 2.06. The Labute approximate surface area is 88.8 Å². The van der Waals surface area contributed by atoms with Crippen molar-refractivity contribution in [3.05, 3.63) is 11.9 Å². The van der Waals surface area contributed by atoms with E-state index in [2.05, 4.69) is 15.6 Å². The lowest BCUT2D eigenvalue weighted by Crippen LogP contribution is -2.17. The van der Waals surface area contributed by atoms with Crippen LogP contribution in [0.4, 0.5) is 0 Å². The van der Waals surface area contributed by atoms with Gasteiger partial charge in [0.1, 0.15) is 0 Å². The number of nitrogens with one attached hydrogen (secondary N) is 1. The van der Waals surface area contributed by atoms with Gasteiger partial charge in [-0.15, -0.1) is 5.10 Å². The highest BCUT2D eigenvalue weighted by atomic mass is 16.1. The third kappa shape index (κ3) is 4.07. The molecule has 1 aromatic heterocycles. The topological polar surface area (TPSA) is 85.8 Å². The van der Waals surface area contributed by atoms with Gasteiger partial charge in [0.05, 0.1) is 5.69 Å². The molecular formula is C9H17N5O. The van der Waals surface area contributed by atoms with Crippen molar-refractivity contribution < 1.29 is 4.79 Å². The van der Waals surface area contributed by atoms with E-state index in [1.54, 1.807) is 11.7 Å². The SMILES string of the molecule is CNC(=O)CCCn1cc(CCN)nn1. The standard InChI is InChI=1S/C9H17N5O/c1-11-9(15)3-2-6-14-7-8(4-5-10)12-13-14/h7H,2-6,10H2,1H3,(H,11,15). The fourth-order valence-corrected chi connectivity index (χ4v) is 1.24. The summed E-state index contributed by atoms with van der Waals surface area (Å²) in [4.78, 5) is 10.9. The van der Waals surface area contributed by atoms with Gasteiger partial charge >= 0.3 is 0 Å². The average Bonchev–Trinajstić information content (AvgIpc) is 2.66. The molecule has 0 saturated carbocycles. The number of nitrogens with zero attached hydrogens (tertiary/aromatic N) is 3. The van der Waals surface area contributed by atoms with Crippen LogP contribution in [0.2, 0.25) is 0 Å². The molecule has 0 bridgehead atoms. The van der Waals surface area contributed by atoms with Crippen LogP contribution in [0.25, 0.3) is 0 Å². The maximum Gasteiger partial charge on any atom is 0.219 e. The molecule has 1 rings (SSSR count). The highest BCUT2D eigenvalue weighted by Gasteiger charge is 2.01. The molecule has 1 heterocycles. The van der Waals surface area contributed by atoms with Gasteiger partial charge in [-0.25, -0.2) is 0 Å². The Morgan fingerprint density at radius 2 is 2.47 bits per heavy atom. The second kappa shape index (κ2) is 6.13. The van der Waals surface area contributed by atoms with Gasteiger partial charge in [-0.05, 0) is 13.0 Å². The molecule has 0 atom stereocenters. The van der Waals surface area contributed by atoms with Crippen LogP contribution in [0.3, 0.4) is 0 Å². The number of aromatic nitrogens is 3. The molecular weight excluding hydrogens is 194 g/mol. The van der Waals surface area contributed by atoms with Crippen molar-refractivity contribution in [3.63, 3.8) is 0 Å². The molecule has 0 aliphatic heterocycles. The smallest absolute Gasteiger partial charge is 0.219 e. The van der Waals surface area contributed by atoms with E-state index in [1.807, 2.05) is 6.20 Å². The number of aryl methyl sites for hydroxylation is 1. The Bertz CT molecular complexity index is 309. The Hall–Kier alpha value is -1.43. The second-order valence-electron chi connectivity index (χ2n) is 3.29. The zero-order valence-electron chi connectivity index (χ0n) is 8.94. The lowest BCUT2D eigenvalue weighted by molar-refractivity contribution is -0.120. The minimum absolute atomic E-state index is 0.0531. The molecule has 84 valence electrons. The minimum atomic E-state index is 0.0531. The summed E-state index contributed by atoms with van der Waals surface area (Å²) in [7, 11) is 1.64. The summed E-state index contributed by atoms with van der Waals surface area (Å²) in [5.41, 5.74) is 6.30. The van der Waals surface area contributed by atoms with E-state index in [9.17, 15) is 4.79 Å². The van der Waals surface area contributed by atoms with E-state index >= 15 is 0 Å². The number of carbonyl (C=O) groups excluding carboxylic acids is 1. The molecule has 0 fully saturated rings. The molecule has 15 heavy (non-hydrogen) atoms. The van der Waals surface area contributed by atoms with Gasteiger partial charge in [-0.1, -0.05) is 5.21 Å². The molecule has 6 nitrogen and oxygen atoms in total. The van der Waals surface area contributed by atoms with Crippen molar-refractivity contribution in [1.82, 2.24) is 20.3 Å². The van der Waals surface area contributed by atoms with Crippen molar-refractivity contribution in [2.24, 2.45) is 5.73 Å². The van der Waals surface area contributed by atoms with Crippen LogP contribution in [-0.4, -0.2) is 34.5 Å². The number of amides is 1. The van der Waals surface area contributed by atoms with Crippen LogP contribution in [0.5, 0.6) is 0 Å². The molecule has 6 heteroatoms. The molecule has 1 aromatic rings. The fourth-order valence-electron chi connectivity index (χ4n) is 1.24. The monoisotopic (exact) mass is 211 g/mol. The van der Waals surface area contributed by atoms with E-state index in [0.717, 1.165) is 18.5 Å². The number of carbonyl (C=O) groups is 1. The van der Waals surface area contributed by atoms with Crippen LogP contribution < -0.4 is 11.1 Å². The van der Waals surface area contributed by atoms with Gasteiger partial charge in [0.25, 0.3) is 0 Å². The number of nitrogens with two attached hydrogens (primary N) is 1. The van der Waals surface area contributed by atoms with Gasteiger partial charge in [-0.3, -0.25) is 9.48 Å². The third-order valence-electron chi connectivity index (χ3n) is 2.06. The average molecular weight is 211 g/mol. The van der Waals surface area contributed by atoms with Crippen molar-refractivity contribution in [2.75, 3.05) is 13.6 Å². The molecule has 0 aliphatic rings. The summed E-state index contributed by atoms with van der Waals surface area (Å²) in [6.45, 7) is 1.29. The van der Waals surface area contributed by atoms with Gasteiger partial charge in [0.15, 0.2) is 0 Å². The molecule has 0 radical (unpaired) electrons. The zero-order chi connectivity index (χ0) is 11.1. The summed E-state index contributed by atoms with van der Waals surface area (Å²) >= 11 is 0. The molecule has 0 aromatic carbocycles. The number of hydrogen-bond acceptors (Lipinski definition) is 4. The Morgan fingerprint density at radius 1 is 1.67 bits per heavy atom. The first-order chi connectivity index (χ1) is 7.26. The highest BCUT2D eigenvalue weighted by molar-refractivity contribution is 5.75. The first kappa shape index (κ1) is 11.6. The van der Waals surface area contributed by atoms with E-state index < -0.39 is 0 Å². The first-order valence-corrected chi connectivity index (χ1v) is 5.06. The van der Waals surface area contributed by atoms with E-state index in [0.29, 0.717) is 19.5 Å². The van der Waals surface area contributed by atoms with E-state index in [4.69, 9.17) is 5.73 Å². The van der Waals surface area contributed by atoms with Crippen LogP contribution in [0.15, 0.2) is 6.20 Å². The van der Waals surface area contributed by atoms with E-state index in [1.165, 1.54) is 0 Å². The Morgan fingerprint density at radius 3 is 3.13 bits per heavy atom. The predicted octanol–water partition coefficient (Wildman–Crippen LogP) is -0.694. The summed E-state index contributed by atoms with van der Waals surface area (Å²) in [6, 6.07) is 0. The Balaban J connectivity index is 2.28. The maximum absolute atomic E-state index is 10.9. The molecule has 1 amide bonds. The van der Waals surface area contributed by atoms with Gasteiger partial charge < -0.3 is 11.1 Å². The van der Waals surface area contributed by atoms with Gasteiger partial charge in [0.2, 0.25) is 5.91 Å². The normalized spacial score (nSPS) is 10.3. The van der Waals surface area contributed by atoms with Crippen LogP contribution >= 0.6 is 0 Å². The molecule has 0 spiro atoms. The lowest BCUT2D eigenvalue weighted by atomic mass is 10.3. The minimum Gasteiger partial charge on any atom is -0.359 e. The van der Waals surface area contributed by atoms with Crippen molar-refractivity contribution in [1.29, 1.82) is 0 Å². The Kier molecular flexibility index (Phi) is 4.76. The predicted molar refractivity (Wildman–Crippen MR) is 56.1 cm³/mol. The first-order valence-electron chi connectivity index (χ1n) is 5.06. The van der Waals surface area contributed by atoms with Crippen LogP contribution in [0, 0.1) is 0 Å². The largest absolute Gasteiger partial charge is 0.359 e. The number of hydrogen-bond donors (Lipinski definition) is 2. The second-order valence-corrected chi connectivity index (χ2v) is 3.29. The lowest BCUT2D eigenvalue weighted by Gasteiger charge is -1.99. The van der Waals surface area contributed by atoms with Crippen molar-refractivity contribution >= 4 is 5.91 Å². The van der Waals surface area contributed by atoms with Crippen molar-refractivity contribution in [2.45, 2.75) is 25.8 Å². The molecule has 0 unspecified atom stereocenters. The van der Waals surface area contributed by atoms with E-state index in [-0.39, 0.29) is 5.91 Å². The summed E-state index contributed by atoms with van der Waals surface area (Å²) in [6.07, 6.45) is 3.90. The van der Waals surface area contributed by atoms with Gasteiger partial charge in [-0.2, -0.15) is 0 Å². The highest BCUT2D eigenvalue weighted by Crippen LogP contribution is 1.97. The molecule has 3 N–H and O–H groups in total. The van der Waals surface area contributed by atoms with Crippen molar-refractivity contribution in [3.8, 4) is 0 Å². The zero-order valence-corrected chi connectivity index (χ0v) is 8.94. The quantitative estimate of drug-likeness (QED) is 0.652. The molecule has 0 aliphatic carbocycles. The summed E-state index contributed by atoms with van der Waals surface area (Å²) in [5.74, 6) is 0.0531. The van der Waals surface area contributed by atoms with Crippen LogP contribution in [-0.2, 0) is 17.8 Å². The summed E-state index contributed by atoms with van der Waals surface area (Å²) < 4.78 is 1.74. The van der Waals surface area contributed by atoms with Gasteiger partial charge in [0, 0.05) is 32.6 Å². The maximum atomic E-state index is 10.9. The fraction of sp³-hybridized carbons (Fsp3) is 0.667.